The minimum absolute atomic E-state index is 0.281. The molecule has 0 saturated heterocycles. The van der Waals surface area contributed by atoms with Crippen molar-refractivity contribution in [2.45, 2.75) is 31.1 Å². The second-order valence-electron chi connectivity index (χ2n) is 7.85. The van der Waals surface area contributed by atoms with E-state index in [1.54, 1.807) is 11.1 Å². The lowest BCUT2D eigenvalue weighted by Gasteiger charge is -2.40. The number of benzene rings is 2. The Kier molecular flexibility index (Phi) is 2.10. The molecule has 0 amide bonds. The van der Waals surface area contributed by atoms with Gasteiger partial charge in [-0.2, -0.15) is 0 Å². The molecule has 6 rings (SSSR count). The van der Waals surface area contributed by atoms with E-state index in [1.807, 2.05) is 0 Å². The molecule has 0 aliphatic heterocycles. The predicted octanol–water partition coefficient (Wildman–Crippen LogP) is 5.67. The molecule has 22 heavy (non-hydrogen) atoms. The van der Waals surface area contributed by atoms with Crippen LogP contribution in [0.4, 0.5) is 0 Å². The molecule has 1 spiro atoms. The zero-order chi connectivity index (χ0) is 14.5. The molecular formula is C21H19Cl. The highest BCUT2D eigenvalue weighted by Gasteiger charge is 2.70. The van der Waals surface area contributed by atoms with Crippen LogP contribution in [0, 0.1) is 23.7 Å². The fourth-order valence-electron chi connectivity index (χ4n) is 6.62. The van der Waals surface area contributed by atoms with Crippen LogP contribution in [0.5, 0.6) is 0 Å². The first kappa shape index (κ1) is 12.2. The lowest BCUT2D eigenvalue weighted by Crippen LogP contribution is -2.35. The minimum atomic E-state index is 0.281. The summed E-state index contributed by atoms with van der Waals surface area (Å²) in [4.78, 5) is 0. The van der Waals surface area contributed by atoms with Crippen LogP contribution < -0.4 is 0 Å². The maximum Gasteiger partial charge on any atom is 0.0409 e. The Hall–Kier alpha value is -1.27. The topological polar surface area (TPSA) is 0 Å². The highest BCUT2D eigenvalue weighted by Crippen LogP contribution is 2.76. The van der Waals surface area contributed by atoms with E-state index >= 15 is 0 Å². The van der Waals surface area contributed by atoms with Crippen molar-refractivity contribution in [3.05, 3.63) is 58.6 Å². The van der Waals surface area contributed by atoms with E-state index in [0.717, 1.165) is 28.7 Å². The SMILES string of the molecule is Clc1ccc2c(c1)C1(CC3C4CCCC1C43)c1ccccc1-2. The van der Waals surface area contributed by atoms with Gasteiger partial charge in [0.05, 0.1) is 0 Å². The summed E-state index contributed by atoms with van der Waals surface area (Å²) in [5.41, 5.74) is 6.34. The molecule has 5 unspecified atom stereocenters. The second kappa shape index (κ2) is 3.79. The van der Waals surface area contributed by atoms with Gasteiger partial charge in [0.1, 0.15) is 0 Å². The van der Waals surface area contributed by atoms with Gasteiger partial charge in [0.15, 0.2) is 0 Å². The molecule has 0 nitrogen and oxygen atoms in total. The molecule has 0 N–H and O–H groups in total. The summed E-state index contributed by atoms with van der Waals surface area (Å²) in [5.74, 6) is 3.91. The molecule has 1 heteroatoms. The maximum atomic E-state index is 6.41. The average molecular weight is 307 g/mol. The van der Waals surface area contributed by atoms with E-state index in [9.17, 15) is 0 Å². The number of rotatable bonds is 0. The summed E-state index contributed by atoms with van der Waals surface area (Å²) in [5, 5.41) is 0.902. The van der Waals surface area contributed by atoms with E-state index in [1.165, 1.54) is 36.8 Å². The lowest BCUT2D eigenvalue weighted by molar-refractivity contribution is 0.234. The van der Waals surface area contributed by atoms with Crippen LogP contribution in [-0.2, 0) is 5.41 Å². The summed E-state index contributed by atoms with van der Waals surface area (Å²) in [6.45, 7) is 0. The normalized spacial score (nSPS) is 39.5. The van der Waals surface area contributed by atoms with Crippen molar-refractivity contribution in [3.8, 4) is 11.1 Å². The highest BCUT2D eigenvalue weighted by atomic mass is 35.5. The Morgan fingerprint density at radius 2 is 1.77 bits per heavy atom. The standard InChI is InChI=1S/C21H19Cl/c22-12-8-9-14-13-4-1-2-6-17(13)21(19(14)10-12)11-16-15-5-3-7-18(21)20(15)16/h1-2,4,6,8-10,15-16,18,20H,3,5,7,11H2. The van der Waals surface area contributed by atoms with Crippen molar-refractivity contribution >= 4 is 11.6 Å². The fraction of sp³-hybridized carbons (Fsp3) is 0.429. The van der Waals surface area contributed by atoms with Crippen molar-refractivity contribution in [1.29, 1.82) is 0 Å². The van der Waals surface area contributed by atoms with Crippen LogP contribution in [0.1, 0.15) is 36.8 Å². The van der Waals surface area contributed by atoms with Crippen molar-refractivity contribution in [2.75, 3.05) is 0 Å². The Morgan fingerprint density at radius 1 is 0.909 bits per heavy atom. The zero-order valence-corrected chi connectivity index (χ0v) is 13.3. The quantitative estimate of drug-likeness (QED) is 0.588. The number of halogens is 1. The number of hydrogen-bond donors (Lipinski definition) is 0. The molecule has 0 bridgehead atoms. The summed E-state index contributed by atoms with van der Waals surface area (Å²) in [6, 6.07) is 15.8. The predicted molar refractivity (Wildman–Crippen MR) is 90.1 cm³/mol. The molecule has 3 fully saturated rings. The second-order valence-corrected chi connectivity index (χ2v) is 8.29. The fourth-order valence-corrected chi connectivity index (χ4v) is 6.79. The van der Waals surface area contributed by atoms with Crippen LogP contribution in [0.2, 0.25) is 5.02 Å². The molecule has 110 valence electrons. The third-order valence-electron chi connectivity index (χ3n) is 7.27. The van der Waals surface area contributed by atoms with E-state index in [4.69, 9.17) is 11.6 Å². The van der Waals surface area contributed by atoms with Crippen molar-refractivity contribution in [1.82, 2.24) is 0 Å². The molecule has 5 atom stereocenters. The van der Waals surface area contributed by atoms with Gasteiger partial charge in [-0.05, 0) is 77.3 Å². The van der Waals surface area contributed by atoms with E-state index in [-0.39, 0.29) is 5.41 Å². The third kappa shape index (κ3) is 1.21. The summed E-state index contributed by atoms with van der Waals surface area (Å²) in [7, 11) is 0. The van der Waals surface area contributed by atoms with Crippen LogP contribution >= 0.6 is 11.6 Å². The van der Waals surface area contributed by atoms with Crippen LogP contribution in [0.15, 0.2) is 42.5 Å². The van der Waals surface area contributed by atoms with Gasteiger partial charge in [-0.1, -0.05) is 48.4 Å². The lowest BCUT2D eigenvalue weighted by atomic mass is 9.63. The first-order valence-electron chi connectivity index (χ1n) is 8.70. The molecule has 3 saturated carbocycles. The van der Waals surface area contributed by atoms with Crippen molar-refractivity contribution < 1.29 is 0 Å². The highest BCUT2D eigenvalue weighted by molar-refractivity contribution is 6.30. The van der Waals surface area contributed by atoms with Gasteiger partial charge in [0.2, 0.25) is 0 Å². The maximum absolute atomic E-state index is 6.41. The van der Waals surface area contributed by atoms with E-state index in [2.05, 4.69) is 42.5 Å². The van der Waals surface area contributed by atoms with Crippen LogP contribution in [0.3, 0.4) is 0 Å². The zero-order valence-electron chi connectivity index (χ0n) is 12.6. The average Bonchev–Trinajstić information content (AvgIpc) is 3.01. The van der Waals surface area contributed by atoms with Crippen LogP contribution in [0.25, 0.3) is 11.1 Å². The third-order valence-corrected chi connectivity index (χ3v) is 7.50. The van der Waals surface area contributed by atoms with Gasteiger partial charge in [0, 0.05) is 10.4 Å². The number of hydrogen-bond acceptors (Lipinski definition) is 0. The summed E-state index contributed by atoms with van der Waals surface area (Å²) in [6.07, 6.45) is 5.71. The Bertz CT molecular complexity index is 807. The van der Waals surface area contributed by atoms with Crippen molar-refractivity contribution in [3.63, 3.8) is 0 Å². The minimum Gasteiger partial charge on any atom is -0.0843 e. The van der Waals surface area contributed by atoms with Crippen molar-refractivity contribution in [2.24, 2.45) is 23.7 Å². The molecular weight excluding hydrogens is 288 g/mol. The van der Waals surface area contributed by atoms with E-state index < -0.39 is 0 Å². The summed E-state index contributed by atoms with van der Waals surface area (Å²) >= 11 is 6.41. The molecule has 4 aliphatic rings. The van der Waals surface area contributed by atoms with Gasteiger partial charge in [-0.15, -0.1) is 0 Å². The molecule has 2 aromatic rings. The molecule has 4 aliphatic carbocycles. The summed E-state index contributed by atoms with van der Waals surface area (Å²) < 4.78 is 0. The van der Waals surface area contributed by atoms with Gasteiger partial charge in [0.25, 0.3) is 0 Å². The smallest absolute Gasteiger partial charge is 0.0409 e. The van der Waals surface area contributed by atoms with E-state index in [0.29, 0.717) is 0 Å². The first-order chi connectivity index (χ1) is 10.8. The Balaban J connectivity index is 1.66. The molecule has 0 aromatic heterocycles. The van der Waals surface area contributed by atoms with Gasteiger partial charge in [-0.3, -0.25) is 0 Å². The number of fused-ring (bicyclic) bond motifs is 7. The monoisotopic (exact) mass is 306 g/mol. The van der Waals surface area contributed by atoms with Crippen LogP contribution in [-0.4, -0.2) is 0 Å². The van der Waals surface area contributed by atoms with Gasteiger partial charge in [-0.25, -0.2) is 0 Å². The first-order valence-corrected chi connectivity index (χ1v) is 9.08. The molecule has 0 heterocycles. The van der Waals surface area contributed by atoms with Gasteiger partial charge < -0.3 is 0 Å². The Morgan fingerprint density at radius 3 is 2.73 bits per heavy atom. The Labute approximate surface area is 136 Å². The molecule has 2 aromatic carbocycles. The molecule has 0 radical (unpaired) electrons. The largest absolute Gasteiger partial charge is 0.0843 e. The van der Waals surface area contributed by atoms with Gasteiger partial charge >= 0.3 is 0 Å².